The van der Waals surface area contributed by atoms with E-state index in [1.54, 1.807) is 0 Å². The minimum absolute atomic E-state index is 1.21. The molecule has 0 amide bonds. The summed E-state index contributed by atoms with van der Waals surface area (Å²) >= 11 is 1.81. The Bertz CT molecular complexity index is 332. The molecule has 0 aliphatic rings. The lowest BCUT2D eigenvalue weighted by Crippen LogP contribution is -1.65. The molecule has 2 heteroatoms. The molecule has 0 aliphatic heterocycles. The van der Waals surface area contributed by atoms with Crippen LogP contribution >= 0.6 is 11.3 Å². The van der Waals surface area contributed by atoms with Crippen molar-refractivity contribution in [1.29, 1.82) is 0 Å². The number of thiophene rings is 1. The molecule has 0 aromatic carbocycles. The van der Waals surface area contributed by atoms with E-state index in [1.165, 1.54) is 15.4 Å². The first kappa shape index (κ1) is 6.68. The number of hydrogen-bond acceptors (Lipinski definition) is 1. The first-order valence-corrected chi connectivity index (χ1v) is 4.38. The maximum Gasteiger partial charge on any atom is 0.0555 e. The minimum atomic E-state index is 1.21. The van der Waals surface area contributed by atoms with E-state index < -0.39 is 0 Å². The number of hydrogen-bond donors (Lipinski definition) is 1. The van der Waals surface area contributed by atoms with Gasteiger partial charge >= 0.3 is 0 Å². The largest absolute Gasteiger partial charge is 0.361 e. The second kappa shape index (κ2) is 2.55. The van der Waals surface area contributed by atoms with Crippen molar-refractivity contribution >= 4 is 11.3 Å². The van der Waals surface area contributed by atoms with Crippen LogP contribution in [-0.2, 0) is 0 Å². The van der Waals surface area contributed by atoms with Gasteiger partial charge in [-0.25, -0.2) is 0 Å². The Morgan fingerprint density at radius 2 is 2.18 bits per heavy atom. The van der Waals surface area contributed by atoms with E-state index in [9.17, 15) is 0 Å². The molecule has 56 valence electrons. The maximum absolute atomic E-state index is 3.18. The summed E-state index contributed by atoms with van der Waals surface area (Å²) in [6.07, 6.45) is 1.95. The number of nitrogens with one attached hydrogen (secondary N) is 1. The summed E-state index contributed by atoms with van der Waals surface area (Å²) < 4.78 is 0. The predicted octanol–water partition coefficient (Wildman–Crippen LogP) is 3.05. The van der Waals surface area contributed by atoms with E-state index in [2.05, 4.69) is 30.1 Å². The predicted molar refractivity (Wildman–Crippen MR) is 48.8 cm³/mol. The monoisotopic (exact) mass is 163 g/mol. The Kier molecular flexibility index (Phi) is 1.55. The van der Waals surface area contributed by atoms with Crippen molar-refractivity contribution in [3.63, 3.8) is 0 Å². The number of rotatable bonds is 1. The lowest BCUT2D eigenvalue weighted by Gasteiger charge is -1.87. The Morgan fingerprint density at radius 3 is 2.73 bits per heavy atom. The number of aryl methyl sites for hydroxylation is 1. The van der Waals surface area contributed by atoms with Gasteiger partial charge in [0.1, 0.15) is 0 Å². The molecular weight excluding hydrogens is 154 g/mol. The summed E-state index contributed by atoms with van der Waals surface area (Å²) in [4.78, 5) is 5.85. The van der Waals surface area contributed by atoms with Crippen molar-refractivity contribution in [2.45, 2.75) is 6.92 Å². The Balaban J connectivity index is 2.45. The third-order valence-corrected chi connectivity index (χ3v) is 2.64. The standard InChI is InChI=1S/C9H9NS/c1-7-4-5-9(11-7)8-3-2-6-10-8/h2-6,10H,1H3. The summed E-state index contributed by atoms with van der Waals surface area (Å²) in [6, 6.07) is 8.39. The molecule has 1 N–H and O–H groups in total. The van der Waals surface area contributed by atoms with E-state index in [-0.39, 0.29) is 0 Å². The highest BCUT2D eigenvalue weighted by Crippen LogP contribution is 2.25. The fraction of sp³-hybridized carbons (Fsp3) is 0.111. The van der Waals surface area contributed by atoms with Crippen molar-refractivity contribution in [2.24, 2.45) is 0 Å². The fourth-order valence-corrected chi connectivity index (χ4v) is 1.92. The Morgan fingerprint density at radius 1 is 1.27 bits per heavy atom. The Labute approximate surface area is 69.7 Å². The van der Waals surface area contributed by atoms with E-state index in [4.69, 9.17) is 0 Å². The molecule has 0 saturated heterocycles. The summed E-state index contributed by atoms with van der Waals surface area (Å²) in [5, 5.41) is 0. The quantitative estimate of drug-likeness (QED) is 0.665. The molecule has 11 heavy (non-hydrogen) atoms. The summed E-state index contributed by atoms with van der Waals surface area (Å²) in [7, 11) is 0. The molecule has 2 aromatic rings. The molecule has 0 saturated carbocycles. The van der Waals surface area contributed by atoms with Gasteiger partial charge in [0.25, 0.3) is 0 Å². The van der Waals surface area contributed by atoms with Gasteiger partial charge in [0.2, 0.25) is 0 Å². The summed E-state index contributed by atoms with van der Waals surface area (Å²) in [5.41, 5.74) is 1.21. The molecule has 2 heterocycles. The van der Waals surface area contributed by atoms with Crippen LogP contribution in [0, 0.1) is 6.92 Å². The van der Waals surface area contributed by atoms with Gasteiger partial charge in [-0.3, -0.25) is 0 Å². The van der Waals surface area contributed by atoms with Crippen LogP contribution in [0.5, 0.6) is 0 Å². The van der Waals surface area contributed by atoms with Gasteiger partial charge in [0.05, 0.1) is 10.6 Å². The highest BCUT2D eigenvalue weighted by atomic mass is 32.1. The highest BCUT2D eigenvalue weighted by molar-refractivity contribution is 7.15. The smallest absolute Gasteiger partial charge is 0.0555 e. The zero-order chi connectivity index (χ0) is 7.68. The van der Waals surface area contributed by atoms with Crippen molar-refractivity contribution in [3.05, 3.63) is 35.3 Å². The first-order chi connectivity index (χ1) is 5.36. The van der Waals surface area contributed by atoms with Gasteiger partial charge in [-0.05, 0) is 31.2 Å². The fourth-order valence-electron chi connectivity index (χ4n) is 1.06. The minimum Gasteiger partial charge on any atom is -0.361 e. The third kappa shape index (κ3) is 1.21. The molecular formula is C9H9NS. The normalized spacial score (nSPS) is 10.3. The molecule has 2 aromatic heterocycles. The molecule has 2 rings (SSSR count). The van der Waals surface area contributed by atoms with E-state index in [0.717, 1.165) is 0 Å². The molecule has 0 aliphatic carbocycles. The van der Waals surface area contributed by atoms with Crippen LogP contribution in [0.3, 0.4) is 0 Å². The molecule has 0 spiro atoms. The lowest BCUT2D eigenvalue weighted by atomic mass is 10.3. The van der Waals surface area contributed by atoms with Crippen LogP contribution in [0.25, 0.3) is 10.6 Å². The number of aromatic nitrogens is 1. The average Bonchev–Trinajstić information content (AvgIpc) is 2.55. The first-order valence-electron chi connectivity index (χ1n) is 3.56. The molecule has 0 atom stereocenters. The van der Waals surface area contributed by atoms with Gasteiger partial charge < -0.3 is 4.98 Å². The van der Waals surface area contributed by atoms with Crippen LogP contribution in [0.4, 0.5) is 0 Å². The average molecular weight is 163 g/mol. The Hall–Kier alpha value is -1.02. The van der Waals surface area contributed by atoms with Crippen LogP contribution < -0.4 is 0 Å². The second-order valence-electron chi connectivity index (χ2n) is 2.49. The van der Waals surface area contributed by atoms with Crippen molar-refractivity contribution in [2.75, 3.05) is 0 Å². The number of aromatic amines is 1. The summed E-state index contributed by atoms with van der Waals surface area (Å²) in [6.45, 7) is 2.12. The zero-order valence-electron chi connectivity index (χ0n) is 6.29. The SMILES string of the molecule is Cc1ccc(-c2ccc[nH]2)s1. The van der Waals surface area contributed by atoms with Gasteiger partial charge in [0, 0.05) is 11.1 Å². The van der Waals surface area contributed by atoms with Gasteiger partial charge in [0.15, 0.2) is 0 Å². The topological polar surface area (TPSA) is 15.8 Å². The van der Waals surface area contributed by atoms with Crippen molar-refractivity contribution in [3.8, 4) is 10.6 Å². The molecule has 0 radical (unpaired) electrons. The van der Waals surface area contributed by atoms with E-state index in [0.29, 0.717) is 0 Å². The van der Waals surface area contributed by atoms with E-state index >= 15 is 0 Å². The molecule has 1 nitrogen and oxygen atoms in total. The molecule has 0 unspecified atom stereocenters. The van der Waals surface area contributed by atoms with E-state index in [1.807, 2.05) is 23.6 Å². The highest BCUT2D eigenvalue weighted by Gasteiger charge is 1.98. The second-order valence-corrected chi connectivity index (χ2v) is 3.78. The zero-order valence-corrected chi connectivity index (χ0v) is 7.11. The number of H-pyrrole nitrogens is 1. The van der Waals surface area contributed by atoms with Gasteiger partial charge in [-0.15, -0.1) is 11.3 Å². The van der Waals surface area contributed by atoms with Crippen LogP contribution in [0.2, 0.25) is 0 Å². The summed E-state index contributed by atoms with van der Waals surface area (Å²) in [5.74, 6) is 0. The van der Waals surface area contributed by atoms with Gasteiger partial charge in [-0.2, -0.15) is 0 Å². The van der Waals surface area contributed by atoms with Crippen molar-refractivity contribution in [1.82, 2.24) is 4.98 Å². The van der Waals surface area contributed by atoms with Gasteiger partial charge in [-0.1, -0.05) is 0 Å². The molecule has 0 fully saturated rings. The third-order valence-electron chi connectivity index (χ3n) is 1.60. The maximum atomic E-state index is 3.18. The van der Waals surface area contributed by atoms with Crippen LogP contribution in [-0.4, -0.2) is 4.98 Å². The van der Waals surface area contributed by atoms with Crippen molar-refractivity contribution < 1.29 is 0 Å². The lowest BCUT2D eigenvalue weighted by molar-refractivity contribution is 1.42. The van der Waals surface area contributed by atoms with Crippen LogP contribution in [0.1, 0.15) is 4.88 Å². The molecule has 0 bridgehead atoms. The van der Waals surface area contributed by atoms with Crippen LogP contribution in [0.15, 0.2) is 30.5 Å².